The van der Waals surface area contributed by atoms with E-state index in [4.69, 9.17) is 21.1 Å². The molecule has 0 spiro atoms. The minimum Gasteiger partial charge on any atom is -0.463 e. The Morgan fingerprint density at radius 1 is 1.67 bits per heavy atom. The van der Waals surface area contributed by atoms with Gasteiger partial charge in [-0.15, -0.1) is 0 Å². The summed E-state index contributed by atoms with van der Waals surface area (Å²) in [5.41, 5.74) is 0. The van der Waals surface area contributed by atoms with Crippen LogP contribution < -0.4 is 4.74 Å². The van der Waals surface area contributed by atoms with Crippen LogP contribution in [-0.2, 0) is 9.53 Å². The number of aromatic nitrogens is 2. The first kappa shape index (κ1) is 11.7. The summed E-state index contributed by atoms with van der Waals surface area (Å²) in [7, 11) is 0. The summed E-state index contributed by atoms with van der Waals surface area (Å²) in [6, 6.07) is 0. The van der Waals surface area contributed by atoms with Gasteiger partial charge >= 0.3 is 5.97 Å². The van der Waals surface area contributed by atoms with Gasteiger partial charge in [0.25, 0.3) is 0 Å². The average molecular weight is 231 g/mol. The summed E-state index contributed by atoms with van der Waals surface area (Å²) in [4.78, 5) is 18.7. The number of esters is 1. The van der Waals surface area contributed by atoms with Crippen LogP contribution in [0, 0.1) is 0 Å². The van der Waals surface area contributed by atoms with Gasteiger partial charge in [0.1, 0.15) is 11.3 Å². The molecule has 0 saturated heterocycles. The van der Waals surface area contributed by atoms with Crippen molar-refractivity contribution in [1.82, 2.24) is 9.97 Å². The van der Waals surface area contributed by atoms with Crippen molar-refractivity contribution in [2.75, 3.05) is 6.61 Å². The van der Waals surface area contributed by atoms with E-state index in [9.17, 15) is 4.79 Å². The second-order valence-corrected chi connectivity index (χ2v) is 3.10. The molecule has 1 aromatic rings. The van der Waals surface area contributed by atoms with E-state index in [2.05, 4.69) is 9.97 Å². The van der Waals surface area contributed by atoms with E-state index in [1.807, 2.05) is 0 Å². The Bertz CT molecular complexity index is 346. The second-order valence-electron chi connectivity index (χ2n) is 2.69. The van der Waals surface area contributed by atoms with Crippen molar-refractivity contribution >= 4 is 17.6 Å². The van der Waals surface area contributed by atoms with Gasteiger partial charge in [0.15, 0.2) is 6.10 Å². The molecule has 0 aliphatic heterocycles. The molecule has 1 rings (SSSR count). The second kappa shape index (κ2) is 5.50. The molecule has 6 heteroatoms. The number of hydrogen-bond acceptors (Lipinski definition) is 5. The SMILES string of the molecule is CCOC(=O)C(C)Oc1ncncc1Cl. The van der Waals surface area contributed by atoms with Gasteiger partial charge in [-0.1, -0.05) is 11.6 Å². The van der Waals surface area contributed by atoms with Crippen LogP contribution in [0.4, 0.5) is 0 Å². The van der Waals surface area contributed by atoms with Gasteiger partial charge in [-0.25, -0.2) is 14.8 Å². The van der Waals surface area contributed by atoms with Crippen molar-refractivity contribution in [3.63, 3.8) is 0 Å². The Balaban J connectivity index is 2.62. The van der Waals surface area contributed by atoms with Gasteiger partial charge in [0, 0.05) is 0 Å². The highest BCUT2D eigenvalue weighted by Gasteiger charge is 2.17. The van der Waals surface area contributed by atoms with Gasteiger partial charge in [-0.3, -0.25) is 0 Å². The van der Waals surface area contributed by atoms with Crippen molar-refractivity contribution in [2.45, 2.75) is 20.0 Å². The largest absolute Gasteiger partial charge is 0.463 e. The number of hydrogen-bond donors (Lipinski definition) is 0. The van der Waals surface area contributed by atoms with Crippen LogP contribution >= 0.6 is 11.6 Å². The Morgan fingerprint density at radius 3 is 3.00 bits per heavy atom. The fraction of sp³-hybridized carbons (Fsp3) is 0.444. The summed E-state index contributed by atoms with van der Waals surface area (Å²) < 4.78 is 9.97. The molecule has 1 unspecified atom stereocenters. The van der Waals surface area contributed by atoms with Gasteiger partial charge in [-0.05, 0) is 13.8 Å². The van der Waals surface area contributed by atoms with E-state index in [1.54, 1.807) is 13.8 Å². The minimum atomic E-state index is -0.739. The van der Waals surface area contributed by atoms with Crippen LogP contribution in [-0.4, -0.2) is 28.6 Å². The molecule has 0 amide bonds. The number of carbonyl (C=O) groups is 1. The molecule has 0 N–H and O–H groups in total. The zero-order valence-electron chi connectivity index (χ0n) is 8.44. The normalized spacial score (nSPS) is 11.9. The van der Waals surface area contributed by atoms with Gasteiger partial charge in [0.2, 0.25) is 5.88 Å². The first-order valence-corrected chi connectivity index (χ1v) is 4.81. The van der Waals surface area contributed by atoms with E-state index < -0.39 is 12.1 Å². The Kier molecular flexibility index (Phi) is 4.30. The van der Waals surface area contributed by atoms with Crippen molar-refractivity contribution in [1.29, 1.82) is 0 Å². The highest BCUT2D eigenvalue weighted by atomic mass is 35.5. The molecule has 15 heavy (non-hydrogen) atoms. The third kappa shape index (κ3) is 3.36. The van der Waals surface area contributed by atoms with Crippen molar-refractivity contribution in [2.24, 2.45) is 0 Å². The van der Waals surface area contributed by atoms with Crippen LogP contribution in [0.1, 0.15) is 13.8 Å². The van der Waals surface area contributed by atoms with E-state index in [-0.39, 0.29) is 10.9 Å². The quantitative estimate of drug-likeness (QED) is 0.733. The molecule has 0 aliphatic carbocycles. The third-order valence-electron chi connectivity index (χ3n) is 1.54. The van der Waals surface area contributed by atoms with Crippen LogP contribution in [0.15, 0.2) is 12.5 Å². The van der Waals surface area contributed by atoms with E-state index in [1.165, 1.54) is 12.5 Å². The molecule has 0 radical (unpaired) electrons. The van der Waals surface area contributed by atoms with Gasteiger partial charge in [0.05, 0.1) is 12.8 Å². The number of nitrogens with zero attached hydrogens (tertiary/aromatic N) is 2. The first-order valence-electron chi connectivity index (χ1n) is 4.44. The summed E-state index contributed by atoms with van der Waals surface area (Å²) in [6.45, 7) is 3.60. The summed E-state index contributed by atoms with van der Waals surface area (Å²) in [5, 5.41) is 0.258. The fourth-order valence-electron chi connectivity index (χ4n) is 0.863. The van der Waals surface area contributed by atoms with Crippen LogP contribution in [0.5, 0.6) is 5.88 Å². The molecule has 82 valence electrons. The van der Waals surface area contributed by atoms with Gasteiger partial charge in [-0.2, -0.15) is 0 Å². The Morgan fingerprint density at radius 2 is 2.40 bits per heavy atom. The molecule has 1 heterocycles. The molecule has 0 bridgehead atoms. The first-order chi connectivity index (χ1) is 7.15. The molecular weight excluding hydrogens is 220 g/mol. The molecule has 0 fully saturated rings. The summed E-state index contributed by atoms with van der Waals surface area (Å²) in [6.07, 6.45) is 1.94. The third-order valence-corrected chi connectivity index (χ3v) is 1.80. The lowest BCUT2D eigenvalue weighted by Gasteiger charge is -2.12. The zero-order chi connectivity index (χ0) is 11.3. The van der Waals surface area contributed by atoms with Crippen molar-refractivity contribution < 1.29 is 14.3 Å². The molecule has 1 aromatic heterocycles. The molecule has 0 aromatic carbocycles. The molecule has 0 saturated carbocycles. The summed E-state index contributed by atoms with van der Waals surface area (Å²) in [5.74, 6) is -0.278. The molecule has 5 nitrogen and oxygen atoms in total. The van der Waals surface area contributed by atoms with E-state index >= 15 is 0 Å². The number of rotatable bonds is 4. The Labute approximate surface area is 92.4 Å². The van der Waals surface area contributed by atoms with Crippen molar-refractivity contribution in [3.05, 3.63) is 17.5 Å². The lowest BCUT2D eigenvalue weighted by molar-refractivity contribution is -0.150. The number of ether oxygens (including phenoxy) is 2. The van der Waals surface area contributed by atoms with Crippen LogP contribution in [0.25, 0.3) is 0 Å². The smallest absolute Gasteiger partial charge is 0.347 e. The molecular formula is C9H11ClN2O3. The fourth-order valence-corrected chi connectivity index (χ4v) is 1.01. The van der Waals surface area contributed by atoms with Crippen LogP contribution in [0.3, 0.4) is 0 Å². The predicted molar refractivity (Wildman–Crippen MR) is 53.8 cm³/mol. The maximum Gasteiger partial charge on any atom is 0.347 e. The van der Waals surface area contributed by atoms with Crippen molar-refractivity contribution in [3.8, 4) is 5.88 Å². The van der Waals surface area contributed by atoms with E-state index in [0.717, 1.165) is 0 Å². The maximum atomic E-state index is 11.2. The predicted octanol–water partition coefficient (Wildman–Crippen LogP) is 1.46. The highest BCUT2D eigenvalue weighted by Crippen LogP contribution is 2.20. The molecule has 1 atom stereocenters. The monoisotopic (exact) mass is 230 g/mol. The highest BCUT2D eigenvalue weighted by molar-refractivity contribution is 6.31. The maximum absolute atomic E-state index is 11.2. The molecule has 0 aliphatic rings. The van der Waals surface area contributed by atoms with Gasteiger partial charge < -0.3 is 9.47 Å². The average Bonchev–Trinajstić information content (AvgIpc) is 2.21. The standard InChI is InChI=1S/C9H11ClN2O3/c1-3-14-9(13)6(2)15-8-7(10)4-11-5-12-8/h4-6H,3H2,1-2H3. The lowest BCUT2D eigenvalue weighted by Crippen LogP contribution is -2.26. The van der Waals surface area contributed by atoms with E-state index in [0.29, 0.717) is 6.61 Å². The number of carbonyl (C=O) groups excluding carboxylic acids is 1. The van der Waals surface area contributed by atoms with Crippen LogP contribution in [0.2, 0.25) is 5.02 Å². The lowest BCUT2D eigenvalue weighted by atomic mass is 10.4. The zero-order valence-corrected chi connectivity index (χ0v) is 9.19. The number of halogens is 1. The minimum absolute atomic E-state index is 0.173. The Hall–Kier alpha value is -1.36. The topological polar surface area (TPSA) is 61.3 Å². The summed E-state index contributed by atoms with van der Waals surface area (Å²) >= 11 is 5.75.